The van der Waals surface area contributed by atoms with Crippen LogP contribution in [0, 0.1) is 0 Å². The van der Waals surface area contributed by atoms with E-state index in [1.165, 1.54) is 11.9 Å². The summed E-state index contributed by atoms with van der Waals surface area (Å²) < 4.78 is 0. The Morgan fingerprint density at radius 3 is 2.82 bits per heavy atom. The lowest BCUT2D eigenvalue weighted by Gasteiger charge is -2.32. The number of halogens is 1. The number of nitrogens with two attached hydrogens (primary N) is 1. The van der Waals surface area contributed by atoms with Crippen molar-refractivity contribution in [3.05, 3.63) is 34.3 Å². The van der Waals surface area contributed by atoms with Gasteiger partial charge in [0.15, 0.2) is 0 Å². The van der Waals surface area contributed by atoms with Crippen LogP contribution in [0.3, 0.4) is 0 Å². The third-order valence-corrected chi connectivity index (χ3v) is 4.34. The second-order valence-electron chi connectivity index (χ2n) is 5.57. The quantitative estimate of drug-likeness (QED) is 0.745. The maximum absolute atomic E-state index is 12.2. The molecule has 6 nitrogen and oxygen atoms in total. The third-order valence-electron chi connectivity index (χ3n) is 4.10. The lowest BCUT2D eigenvalue weighted by molar-refractivity contribution is 0.0914. The highest BCUT2D eigenvalue weighted by atomic mass is 35.5. The van der Waals surface area contributed by atoms with Crippen LogP contribution in [0.4, 0.5) is 4.79 Å². The average molecular weight is 326 g/mol. The van der Waals surface area contributed by atoms with Crippen molar-refractivity contribution in [2.24, 2.45) is 5.73 Å². The molecule has 22 heavy (non-hydrogen) atoms. The van der Waals surface area contributed by atoms with Crippen molar-refractivity contribution in [2.75, 3.05) is 20.1 Å². The smallest absolute Gasteiger partial charge is 0.407 e. The van der Waals surface area contributed by atoms with Crippen LogP contribution < -0.4 is 11.1 Å². The van der Waals surface area contributed by atoms with Gasteiger partial charge in [-0.2, -0.15) is 0 Å². The van der Waals surface area contributed by atoms with E-state index in [2.05, 4.69) is 5.32 Å². The van der Waals surface area contributed by atoms with Crippen LogP contribution >= 0.6 is 11.6 Å². The summed E-state index contributed by atoms with van der Waals surface area (Å²) in [6, 6.07) is 5.17. The van der Waals surface area contributed by atoms with Crippen molar-refractivity contribution in [1.82, 2.24) is 10.2 Å². The van der Waals surface area contributed by atoms with Crippen molar-refractivity contribution in [3.63, 3.8) is 0 Å². The van der Waals surface area contributed by atoms with Gasteiger partial charge in [0.2, 0.25) is 0 Å². The Balaban J connectivity index is 2.33. The van der Waals surface area contributed by atoms with Gasteiger partial charge in [-0.25, -0.2) is 4.79 Å². The molecule has 0 aliphatic carbocycles. The van der Waals surface area contributed by atoms with Gasteiger partial charge in [-0.05, 0) is 49.6 Å². The first-order valence-electron chi connectivity index (χ1n) is 7.16. The highest BCUT2D eigenvalue weighted by Crippen LogP contribution is 2.39. The molecular weight excluding hydrogens is 306 g/mol. The molecule has 7 heteroatoms. The molecule has 1 aliphatic heterocycles. The molecule has 0 aromatic heterocycles. The molecule has 0 spiro atoms. The van der Waals surface area contributed by atoms with Crippen LogP contribution in [0.2, 0.25) is 5.02 Å². The van der Waals surface area contributed by atoms with Crippen LogP contribution in [-0.4, -0.2) is 42.1 Å². The molecule has 1 heterocycles. The van der Waals surface area contributed by atoms with Crippen LogP contribution in [-0.2, 0) is 5.54 Å². The standard InChI is InChI=1S/C15H20ClN3O3/c1-19(14(21)22)8-6-15(5-2-7-17)12-9-10(16)3-4-11(12)13(20)18-15/h3-4,9H,2,5-8,17H2,1H3,(H,18,20)(H,21,22). The van der Waals surface area contributed by atoms with Crippen molar-refractivity contribution in [1.29, 1.82) is 0 Å². The normalized spacial score (nSPS) is 19.7. The van der Waals surface area contributed by atoms with Gasteiger partial charge in [0.05, 0.1) is 5.54 Å². The first kappa shape index (κ1) is 16.6. The molecule has 1 atom stereocenters. The Hall–Kier alpha value is -1.79. The predicted molar refractivity (Wildman–Crippen MR) is 84.2 cm³/mol. The maximum Gasteiger partial charge on any atom is 0.407 e. The summed E-state index contributed by atoms with van der Waals surface area (Å²) in [5, 5.41) is 12.6. The summed E-state index contributed by atoms with van der Waals surface area (Å²) in [6.07, 6.45) is 0.859. The van der Waals surface area contributed by atoms with Gasteiger partial charge in [-0.3, -0.25) is 4.79 Å². The van der Waals surface area contributed by atoms with Crippen molar-refractivity contribution < 1.29 is 14.7 Å². The number of amides is 2. The van der Waals surface area contributed by atoms with Crippen molar-refractivity contribution in [3.8, 4) is 0 Å². The number of hydrogen-bond donors (Lipinski definition) is 3. The average Bonchev–Trinajstić information content (AvgIpc) is 2.75. The second kappa shape index (κ2) is 6.54. The number of carbonyl (C=O) groups is 2. The molecule has 1 unspecified atom stereocenters. The molecule has 120 valence electrons. The lowest BCUT2D eigenvalue weighted by atomic mass is 9.83. The number of carboxylic acid groups (broad SMARTS) is 1. The molecule has 1 aromatic rings. The summed E-state index contributed by atoms with van der Waals surface area (Å²) >= 11 is 6.08. The molecule has 0 bridgehead atoms. The number of nitrogens with zero attached hydrogens (tertiary/aromatic N) is 1. The Labute approximate surface area is 134 Å². The van der Waals surface area contributed by atoms with Crippen LogP contribution in [0.1, 0.15) is 35.2 Å². The summed E-state index contributed by atoms with van der Waals surface area (Å²) in [6.45, 7) is 0.814. The summed E-state index contributed by atoms with van der Waals surface area (Å²) in [7, 11) is 1.51. The van der Waals surface area contributed by atoms with E-state index >= 15 is 0 Å². The fraction of sp³-hybridized carbons (Fsp3) is 0.467. The van der Waals surface area contributed by atoms with Gasteiger partial charge in [-0.15, -0.1) is 0 Å². The van der Waals surface area contributed by atoms with E-state index < -0.39 is 11.6 Å². The van der Waals surface area contributed by atoms with Gasteiger partial charge >= 0.3 is 6.09 Å². The summed E-state index contributed by atoms with van der Waals surface area (Å²) in [4.78, 5) is 24.4. The molecule has 0 fully saturated rings. The zero-order chi connectivity index (χ0) is 16.3. The van der Waals surface area contributed by atoms with Crippen molar-refractivity contribution in [2.45, 2.75) is 24.8 Å². The fourth-order valence-corrected chi connectivity index (χ4v) is 3.01. The van der Waals surface area contributed by atoms with E-state index in [0.717, 1.165) is 12.0 Å². The molecule has 1 aliphatic rings. The predicted octanol–water partition coefficient (Wildman–Crippen LogP) is 2.02. The lowest BCUT2D eigenvalue weighted by Crippen LogP contribution is -2.43. The molecule has 1 aromatic carbocycles. The number of benzene rings is 1. The Morgan fingerprint density at radius 2 is 2.18 bits per heavy atom. The molecule has 0 saturated heterocycles. The van der Waals surface area contributed by atoms with E-state index in [4.69, 9.17) is 22.4 Å². The largest absolute Gasteiger partial charge is 0.465 e. The van der Waals surface area contributed by atoms with E-state index in [0.29, 0.717) is 36.5 Å². The first-order valence-corrected chi connectivity index (χ1v) is 7.54. The Bertz CT molecular complexity index is 593. The number of fused-ring (bicyclic) bond motifs is 1. The maximum atomic E-state index is 12.2. The highest BCUT2D eigenvalue weighted by molar-refractivity contribution is 6.30. The van der Waals surface area contributed by atoms with Crippen LogP contribution in [0.15, 0.2) is 18.2 Å². The molecule has 0 radical (unpaired) electrons. The monoisotopic (exact) mass is 325 g/mol. The zero-order valence-electron chi connectivity index (χ0n) is 12.4. The van der Waals surface area contributed by atoms with Gasteiger partial charge < -0.3 is 21.1 Å². The highest BCUT2D eigenvalue weighted by Gasteiger charge is 2.42. The zero-order valence-corrected chi connectivity index (χ0v) is 13.2. The van der Waals surface area contributed by atoms with Gasteiger partial charge in [0, 0.05) is 24.2 Å². The van der Waals surface area contributed by atoms with E-state index in [1.807, 2.05) is 0 Å². The molecule has 2 amide bonds. The van der Waals surface area contributed by atoms with Gasteiger partial charge in [0.1, 0.15) is 0 Å². The Kier molecular flexibility index (Phi) is 4.93. The SMILES string of the molecule is CN(CCC1(CCCN)NC(=O)c2ccc(Cl)cc21)C(=O)O. The molecule has 4 N–H and O–H groups in total. The minimum atomic E-state index is -0.996. The molecule has 0 saturated carbocycles. The van der Waals surface area contributed by atoms with Crippen molar-refractivity contribution >= 4 is 23.6 Å². The fourth-order valence-electron chi connectivity index (χ4n) is 2.84. The second-order valence-corrected chi connectivity index (χ2v) is 6.01. The molecule has 2 rings (SSSR count). The van der Waals surface area contributed by atoms with E-state index in [1.54, 1.807) is 18.2 Å². The van der Waals surface area contributed by atoms with Crippen LogP contribution in [0.25, 0.3) is 0 Å². The van der Waals surface area contributed by atoms with Gasteiger partial charge in [-0.1, -0.05) is 11.6 Å². The van der Waals surface area contributed by atoms with Crippen LogP contribution in [0.5, 0.6) is 0 Å². The first-order chi connectivity index (χ1) is 10.4. The number of carbonyl (C=O) groups excluding carboxylic acids is 1. The molecular formula is C15H20ClN3O3. The number of nitrogens with one attached hydrogen (secondary N) is 1. The minimum absolute atomic E-state index is 0.151. The Morgan fingerprint density at radius 1 is 1.45 bits per heavy atom. The topological polar surface area (TPSA) is 95.7 Å². The third kappa shape index (κ3) is 3.18. The van der Waals surface area contributed by atoms with Gasteiger partial charge in [0.25, 0.3) is 5.91 Å². The van der Waals surface area contributed by atoms with E-state index in [9.17, 15) is 9.59 Å². The number of hydrogen-bond acceptors (Lipinski definition) is 3. The summed E-state index contributed by atoms with van der Waals surface area (Å²) in [5.74, 6) is -0.151. The van der Waals surface area contributed by atoms with E-state index in [-0.39, 0.29) is 5.91 Å². The minimum Gasteiger partial charge on any atom is -0.465 e. The number of rotatable bonds is 6. The summed E-state index contributed by atoms with van der Waals surface area (Å²) in [5.41, 5.74) is 6.43.